The van der Waals surface area contributed by atoms with E-state index in [1.54, 1.807) is 5.38 Å². The van der Waals surface area contributed by atoms with Crippen molar-refractivity contribution >= 4 is 23.2 Å². The van der Waals surface area contributed by atoms with Crippen LogP contribution in [0.5, 0.6) is 5.75 Å². The number of carbonyl (C=O) groups is 2. The SMILES string of the molecule is C=CCOCC(NC(=O)c1csc(-c2ccc(OCC)cc2)n1)C(=O)O. The molecule has 0 saturated carbocycles. The number of carboxylic acids is 1. The first kappa shape index (κ1) is 19.6. The van der Waals surface area contributed by atoms with E-state index in [1.807, 2.05) is 31.2 Å². The monoisotopic (exact) mass is 376 g/mol. The van der Waals surface area contributed by atoms with Crippen LogP contribution in [-0.2, 0) is 9.53 Å². The molecular weight excluding hydrogens is 356 g/mol. The highest BCUT2D eigenvalue weighted by Gasteiger charge is 2.22. The summed E-state index contributed by atoms with van der Waals surface area (Å²) in [5, 5.41) is 13.8. The van der Waals surface area contributed by atoms with Gasteiger partial charge in [0.15, 0.2) is 6.04 Å². The maximum Gasteiger partial charge on any atom is 0.328 e. The molecule has 1 aromatic heterocycles. The third kappa shape index (κ3) is 5.40. The number of rotatable bonds is 10. The van der Waals surface area contributed by atoms with E-state index in [2.05, 4.69) is 16.9 Å². The Morgan fingerprint density at radius 2 is 2.12 bits per heavy atom. The van der Waals surface area contributed by atoms with E-state index in [-0.39, 0.29) is 18.9 Å². The molecular formula is C18H20N2O5S. The molecule has 0 spiro atoms. The highest BCUT2D eigenvalue weighted by atomic mass is 32.1. The molecule has 7 nitrogen and oxygen atoms in total. The van der Waals surface area contributed by atoms with E-state index in [9.17, 15) is 14.7 Å². The van der Waals surface area contributed by atoms with Gasteiger partial charge in [-0.25, -0.2) is 9.78 Å². The number of ether oxygens (including phenoxy) is 2. The van der Waals surface area contributed by atoms with Crippen molar-refractivity contribution in [1.82, 2.24) is 10.3 Å². The molecule has 1 atom stereocenters. The lowest BCUT2D eigenvalue weighted by molar-refractivity contribution is -0.140. The van der Waals surface area contributed by atoms with Crippen LogP contribution in [0.3, 0.4) is 0 Å². The second-order valence-electron chi connectivity index (χ2n) is 5.19. The Labute approximate surface area is 155 Å². The second-order valence-corrected chi connectivity index (χ2v) is 6.04. The van der Waals surface area contributed by atoms with Crippen molar-refractivity contribution in [2.75, 3.05) is 19.8 Å². The topological polar surface area (TPSA) is 97.8 Å². The van der Waals surface area contributed by atoms with E-state index in [4.69, 9.17) is 9.47 Å². The van der Waals surface area contributed by atoms with Gasteiger partial charge in [0.25, 0.3) is 5.91 Å². The third-order valence-electron chi connectivity index (χ3n) is 3.27. The van der Waals surface area contributed by atoms with Crippen molar-refractivity contribution in [3.8, 4) is 16.3 Å². The number of hydrogen-bond donors (Lipinski definition) is 2. The minimum Gasteiger partial charge on any atom is -0.494 e. The van der Waals surface area contributed by atoms with Crippen molar-refractivity contribution in [2.45, 2.75) is 13.0 Å². The highest BCUT2D eigenvalue weighted by Crippen LogP contribution is 2.25. The van der Waals surface area contributed by atoms with Crippen LogP contribution in [0.15, 0.2) is 42.3 Å². The van der Waals surface area contributed by atoms with Crippen LogP contribution in [0.1, 0.15) is 17.4 Å². The summed E-state index contributed by atoms with van der Waals surface area (Å²) in [5.74, 6) is -0.980. The molecule has 26 heavy (non-hydrogen) atoms. The van der Waals surface area contributed by atoms with Crippen molar-refractivity contribution in [1.29, 1.82) is 0 Å². The first-order valence-electron chi connectivity index (χ1n) is 7.96. The van der Waals surface area contributed by atoms with Gasteiger partial charge in [-0.2, -0.15) is 0 Å². The maximum atomic E-state index is 12.3. The standard InChI is InChI=1S/C18H20N2O5S/c1-3-9-24-10-14(18(22)23)19-16(21)15-11-26-17(20-15)12-5-7-13(8-6-12)25-4-2/h3,5-8,11,14H,1,4,9-10H2,2H3,(H,19,21)(H,22,23). The number of carbonyl (C=O) groups excluding carboxylic acids is 1. The fraction of sp³-hybridized carbons (Fsp3) is 0.278. The van der Waals surface area contributed by atoms with Crippen LogP contribution in [-0.4, -0.2) is 47.8 Å². The van der Waals surface area contributed by atoms with E-state index < -0.39 is 17.9 Å². The molecule has 0 aliphatic heterocycles. The Morgan fingerprint density at radius 3 is 2.73 bits per heavy atom. The number of thiazole rings is 1. The fourth-order valence-electron chi connectivity index (χ4n) is 2.05. The van der Waals surface area contributed by atoms with Crippen LogP contribution < -0.4 is 10.1 Å². The molecule has 1 aromatic carbocycles. The maximum absolute atomic E-state index is 12.3. The van der Waals surface area contributed by atoms with Crippen molar-refractivity contribution in [3.05, 3.63) is 48.0 Å². The Kier molecular flexibility index (Phi) is 7.31. The molecule has 0 bridgehead atoms. The van der Waals surface area contributed by atoms with Gasteiger partial charge < -0.3 is 19.9 Å². The zero-order valence-electron chi connectivity index (χ0n) is 14.3. The Morgan fingerprint density at radius 1 is 1.38 bits per heavy atom. The molecule has 0 aliphatic rings. The van der Waals surface area contributed by atoms with Crippen LogP contribution in [0.25, 0.3) is 10.6 Å². The van der Waals surface area contributed by atoms with Crippen LogP contribution in [0.2, 0.25) is 0 Å². The average molecular weight is 376 g/mol. The van der Waals surface area contributed by atoms with Gasteiger partial charge >= 0.3 is 5.97 Å². The van der Waals surface area contributed by atoms with Crippen molar-refractivity contribution in [3.63, 3.8) is 0 Å². The van der Waals surface area contributed by atoms with E-state index in [1.165, 1.54) is 17.4 Å². The molecule has 1 unspecified atom stereocenters. The molecule has 2 aromatic rings. The number of benzene rings is 1. The normalized spacial score (nSPS) is 11.6. The van der Waals surface area contributed by atoms with Gasteiger partial charge in [-0.3, -0.25) is 4.79 Å². The lowest BCUT2D eigenvalue weighted by Gasteiger charge is -2.13. The Balaban J connectivity index is 2.03. The average Bonchev–Trinajstić information content (AvgIpc) is 3.12. The molecule has 2 rings (SSSR count). The molecule has 0 aliphatic carbocycles. The van der Waals surface area contributed by atoms with Crippen molar-refractivity contribution in [2.24, 2.45) is 0 Å². The molecule has 1 amide bonds. The summed E-state index contributed by atoms with van der Waals surface area (Å²) in [6.45, 7) is 6.03. The van der Waals surface area contributed by atoms with Gasteiger partial charge in [0.05, 0.1) is 19.8 Å². The van der Waals surface area contributed by atoms with E-state index in [0.29, 0.717) is 11.6 Å². The fourth-order valence-corrected chi connectivity index (χ4v) is 2.85. The second kappa shape index (κ2) is 9.69. The number of nitrogens with one attached hydrogen (secondary N) is 1. The Bertz CT molecular complexity index is 757. The summed E-state index contributed by atoms with van der Waals surface area (Å²) in [4.78, 5) is 27.8. The number of aromatic nitrogens is 1. The van der Waals surface area contributed by atoms with Gasteiger partial charge in [-0.05, 0) is 31.2 Å². The van der Waals surface area contributed by atoms with Gasteiger partial charge in [0.1, 0.15) is 16.5 Å². The van der Waals surface area contributed by atoms with Gasteiger partial charge in [0.2, 0.25) is 0 Å². The molecule has 138 valence electrons. The van der Waals surface area contributed by atoms with Crippen LogP contribution in [0, 0.1) is 0 Å². The van der Waals surface area contributed by atoms with E-state index in [0.717, 1.165) is 11.3 Å². The molecule has 0 radical (unpaired) electrons. The van der Waals surface area contributed by atoms with Gasteiger partial charge in [-0.1, -0.05) is 6.08 Å². The predicted octanol–water partition coefficient (Wildman–Crippen LogP) is 2.59. The lowest BCUT2D eigenvalue weighted by atomic mass is 10.2. The van der Waals surface area contributed by atoms with Gasteiger partial charge in [0, 0.05) is 10.9 Å². The minimum absolute atomic E-state index is 0.150. The summed E-state index contributed by atoms with van der Waals surface area (Å²) in [6.07, 6.45) is 1.50. The number of nitrogens with zero attached hydrogens (tertiary/aromatic N) is 1. The molecule has 2 N–H and O–H groups in total. The molecule has 1 heterocycles. The summed E-state index contributed by atoms with van der Waals surface area (Å²) in [5.41, 5.74) is 1.01. The van der Waals surface area contributed by atoms with Crippen LogP contribution >= 0.6 is 11.3 Å². The predicted molar refractivity (Wildman–Crippen MR) is 98.6 cm³/mol. The third-order valence-corrected chi connectivity index (χ3v) is 4.16. The quantitative estimate of drug-likeness (QED) is 0.489. The smallest absolute Gasteiger partial charge is 0.328 e. The zero-order chi connectivity index (χ0) is 18.9. The summed E-state index contributed by atoms with van der Waals surface area (Å²) in [7, 11) is 0. The first-order chi connectivity index (χ1) is 12.5. The minimum atomic E-state index is -1.18. The molecule has 8 heteroatoms. The number of amides is 1. The Hall–Kier alpha value is -2.71. The van der Waals surface area contributed by atoms with Crippen molar-refractivity contribution < 1.29 is 24.2 Å². The molecule has 0 saturated heterocycles. The van der Waals surface area contributed by atoms with E-state index >= 15 is 0 Å². The zero-order valence-corrected chi connectivity index (χ0v) is 15.1. The van der Waals surface area contributed by atoms with Gasteiger partial charge in [-0.15, -0.1) is 17.9 Å². The molecule has 0 fully saturated rings. The summed E-state index contributed by atoms with van der Waals surface area (Å²) < 4.78 is 10.5. The van der Waals surface area contributed by atoms with Crippen LogP contribution in [0.4, 0.5) is 0 Å². The largest absolute Gasteiger partial charge is 0.494 e. The lowest BCUT2D eigenvalue weighted by Crippen LogP contribution is -2.44. The summed E-state index contributed by atoms with van der Waals surface area (Å²) >= 11 is 1.30. The first-order valence-corrected chi connectivity index (χ1v) is 8.84. The summed E-state index contributed by atoms with van der Waals surface area (Å²) in [6, 6.07) is 6.22. The number of carboxylic acid groups (broad SMARTS) is 1. The highest BCUT2D eigenvalue weighted by molar-refractivity contribution is 7.13. The number of hydrogen-bond acceptors (Lipinski definition) is 6. The number of aliphatic carboxylic acids is 1.